The van der Waals surface area contributed by atoms with Gasteiger partial charge in [0.1, 0.15) is 28.1 Å². The second-order valence-electron chi connectivity index (χ2n) is 13.2. The summed E-state index contributed by atoms with van der Waals surface area (Å²) in [4.78, 5) is 41.2. The molecular formula is C40H41N7O4S. The number of hydrogen-bond donors (Lipinski definition) is 0. The van der Waals surface area contributed by atoms with Crippen molar-refractivity contribution in [3.8, 4) is 28.7 Å². The van der Waals surface area contributed by atoms with E-state index in [0.717, 1.165) is 84.7 Å². The minimum Gasteiger partial charge on any atom is -0.496 e. The van der Waals surface area contributed by atoms with Crippen LogP contribution in [0.2, 0.25) is 0 Å². The number of pyridine rings is 2. The zero-order chi connectivity index (χ0) is 36.2. The molecule has 11 nitrogen and oxygen atoms in total. The molecule has 266 valence electrons. The monoisotopic (exact) mass is 715 g/mol. The van der Waals surface area contributed by atoms with E-state index in [1.54, 1.807) is 50.5 Å². The van der Waals surface area contributed by atoms with Crippen molar-refractivity contribution in [3.63, 3.8) is 0 Å². The number of aromatic nitrogens is 3. The van der Waals surface area contributed by atoms with Crippen molar-refractivity contribution in [2.45, 2.75) is 32.0 Å². The summed E-state index contributed by atoms with van der Waals surface area (Å²) < 4.78 is 13.4. The molecule has 12 heteroatoms. The molecule has 7 rings (SSSR count). The molecule has 0 spiro atoms. The van der Waals surface area contributed by atoms with Gasteiger partial charge < -0.3 is 18.9 Å². The fourth-order valence-electron chi connectivity index (χ4n) is 7.35. The highest BCUT2D eigenvalue weighted by Crippen LogP contribution is 2.38. The maximum atomic E-state index is 13.3. The maximum absolute atomic E-state index is 13.3. The summed E-state index contributed by atoms with van der Waals surface area (Å²) in [6, 6.07) is 16.6. The van der Waals surface area contributed by atoms with Crippen LogP contribution in [0.3, 0.4) is 0 Å². The Balaban J connectivity index is 0.988. The van der Waals surface area contributed by atoms with Gasteiger partial charge in [-0.25, -0.2) is 4.98 Å². The Bertz CT molecular complexity index is 2180. The number of ether oxygens (including phenoxy) is 2. The van der Waals surface area contributed by atoms with Gasteiger partial charge in [0.05, 0.1) is 31.2 Å². The van der Waals surface area contributed by atoms with Crippen LogP contribution in [0.25, 0.3) is 28.0 Å². The molecule has 0 saturated carbocycles. The highest BCUT2D eigenvalue weighted by molar-refractivity contribution is 7.10. The first-order valence-corrected chi connectivity index (χ1v) is 18.3. The van der Waals surface area contributed by atoms with E-state index < -0.39 is 0 Å². The van der Waals surface area contributed by atoms with Crippen molar-refractivity contribution in [2.75, 3.05) is 46.9 Å². The lowest BCUT2D eigenvalue weighted by Crippen LogP contribution is -2.45. The molecule has 0 radical (unpaired) electrons. The van der Waals surface area contributed by atoms with Gasteiger partial charge in [0, 0.05) is 88.6 Å². The van der Waals surface area contributed by atoms with Crippen molar-refractivity contribution < 1.29 is 14.3 Å². The summed E-state index contributed by atoms with van der Waals surface area (Å²) in [7, 11) is 5.11. The molecule has 2 saturated heterocycles. The van der Waals surface area contributed by atoms with E-state index in [9.17, 15) is 14.9 Å². The van der Waals surface area contributed by atoms with Crippen LogP contribution in [-0.2, 0) is 24.9 Å². The summed E-state index contributed by atoms with van der Waals surface area (Å²) in [6.07, 6.45) is 10.2. The fourth-order valence-corrected chi connectivity index (χ4v) is 7.92. The van der Waals surface area contributed by atoms with E-state index in [2.05, 4.69) is 50.1 Å². The molecule has 1 amide bonds. The Hall–Kier alpha value is -5.35. The zero-order valence-corrected chi connectivity index (χ0v) is 30.4. The Morgan fingerprint density at radius 3 is 2.35 bits per heavy atom. The quantitative estimate of drug-likeness (QED) is 0.133. The van der Waals surface area contributed by atoms with Gasteiger partial charge in [-0.3, -0.25) is 24.4 Å². The van der Waals surface area contributed by atoms with Crippen molar-refractivity contribution in [3.05, 3.63) is 110 Å². The maximum Gasteiger partial charge on any atom is 0.265 e. The molecule has 5 heterocycles. The zero-order valence-electron chi connectivity index (χ0n) is 29.6. The average molecular weight is 716 g/mol. The van der Waals surface area contributed by atoms with Gasteiger partial charge in [0.15, 0.2) is 0 Å². The van der Waals surface area contributed by atoms with Crippen LogP contribution in [0.15, 0.2) is 83.0 Å². The lowest BCUT2D eigenvalue weighted by molar-refractivity contribution is -0.127. The lowest BCUT2D eigenvalue weighted by Gasteiger charge is -2.35. The number of nitrogens with zero attached hydrogens (tertiary/aromatic N) is 7. The van der Waals surface area contributed by atoms with Crippen molar-refractivity contribution in [2.24, 2.45) is 7.05 Å². The number of likely N-dealkylation sites (tertiary alicyclic amines) is 1. The van der Waals surface area contributed by atoms with E-state index in [0.29, 0.717) is 23.5 Å². The number of carbonyl (C=O) groups is 1. The molecule has 2 fully saturated rings. The lowest BCUT2D eigenvalue weighted by atomic mass is 9.98. The molecule has 5 aromatic rings. The van der Waals surface area contributed by atoms with Crippen molar-refractivity contribution in [1.29, 1.82) is 5.26 Å². The summed E-state index contributed by atoms with van der Waals surface area (Å²) in [5.74, 6) is 1.26. The van der Waals surface area contributed by atoms with Gasteiger partial charge in [0.2, 0.25) is 0 Å². The third-order valence-electron chi connectivity index (χ3n) is 10.1. The summed E-state index contributed by atoms with van der Waals surface area (Å²) in [6.45, 7) is 5.83. The second kappa shape index (κ2) is 15.5. The molecule has 2 aliphatic heterocycles. The largest absolute Gasteiger partial charge is 0.496 e. The number of benzene rings is 2. The molecule has 2 aromatic carbocycles. The number of rotatable bonds is 10. The van der Waals surface area contributed by atoms with E-state index in [4.69, 9.17) is 9.47 Å². The van der Waals surface area contributed by atoms with E-state index in [1.807, 2.05) is 34.7 Å². The van der Waals surface area contributed by atoms with Crippen LogP contribution in [0.4, 0.5) is 0 Å². The molecule has 0 aliphatic carbocycles. The molecule has 0 bridgehead atoms. The first kappa shape index (κ1) is 35.1. The van der Waals surface area contributed by atoms with Crippen LogP contribution in [0.5, 0.6) is 11.5 Å². The SMILES string of the molecule is COc1cc(-c2cn(C)c(=O)c3cnccc23)cc(OC)c1CN1CCN(Cc2ccc(C3CCCN3C(=O)C(C#N)=Cc3nccs3)cc2)CC1. The number of thiazole rings is 1. The number of fused-ring (bicyclic) bond motifs is 1. The van der Waals surface area contributed by atoms with Crippen LogP contribution in [0, 0.1) is 11.3 Å². The first-order chi connectivity index (χ1) is 25.4. The van der Waals surface area contributed by atoms with Gasteiger partial charge in [-0.1, -0.05) is 24.3 Å². The summed E-state index contributed by atoms with van der Waals surface area (Å²) in [5, 5.41) is 13.6. The first-order valence-electron chi connectivity index (χ1n) is 17.4. The Labute approximate surface area is 307 Å². The van der Waals surface area contributed by atoms with E-state index in [1.165, 1.54) is 16.9 Å². The molecule has 52 heavy (non-hydrogen) atoms. The highest BCUT2D eigenvalue weighted by Gasteiger charge is 2.32. The van der Waals surface area contributed by atoms with Gasteiger partial charge in [-0.15, -0.1) is 11.3 Å². The van der Waals surface area contributed by atoms with Gasteiger partial charge in [-0.2, -0.15) is 5.26 Å². The normalized spacial score (nSPS) is 17.0. The number of nitriles is 1. The summed E-state index contributed by atoms with van der Waals surface area (Å²) >= 11 is 1.41. The number of amides is 1. The van der Waals surface area contributed by atoms with Gasteiger partial charge in [0.25, 0.3) is 11.5 Å². The third kappa shape index (κ3) is 7.21. The predicted molar refractivity (Wildman–Crippen MR) is 202 cm³/mol. The number of piperazine rings is 1. The highest BCUT2D eigenvalue weighted by atomic mass is 32.1. The molecule has 1 unspecified atom stereocenters. The van der Waals surface area contributed by atoms with Crippen molar-refractivity contribution >= 4 is 34.1 Å². The van der Waals surface area contributed by atoms with Gasteiger partial charge >= 0.3 is 0 Å². The van der Waals surface area contributed by atoms with Crippen LogP contribution >= 0.6 is 11.3 Å². The number of aryl methyl sites for hydroxylation is 1. The van der Waals surface area contributed by atoms with Crippen molar-refractivity contribution in [1.82, 2.24) is 29.2 Å². The smallest absolute Gasteiger partial charge is 0.265 e. The minimum atomic E-state index is -0.232. The van der Waals surface area contributed by atoms with E-state index >= 15 is 0 Å². The average Bonchev–Trinajstić information content (AvgIpc) is 3.89. The van der Waals surface area contributed by atoms with Crippen LogP contribution < -0.4 is 15.0 Å². The number of methoxy groups -OCH3 is 2. The molecule has 0 N–H and O–H groups in total. The molecule has 1 atom stereocenters. The molecular weight excluding hydrogens is 675 g/mol. The van der Waals surface area contributed by atoms with Crippen LogP contribution in [-0.4, -0.2) is 82.1 Å². The standard InChI is InChI=1S/C40H41N7O4S/c1-44-25-33(31-10-11-42-23-32(31)40(44)49)29-19-36(50-2)34(37(20-29)51-3)26-46-16-14-45(15-17-46)24-27-6-8-28(9-7-27)35-5-4-13-47(35)39(48)30(22-41)21-38-43-12-18-52-38/h6-12,18-21,23,25,35H,4-5,13-17,24,26H2,1-3H3. The molecule has 2 aliphatic rings. The van der Waals surface area contributed by atoms with E-state index in [-0.39, 0.29) is 23.1 Å². The second-order valence-corrected chi connectivity index (χ2v) is 14.2. The summed E-state index contributed by atoms with van der Waals surface area (Å²) in [5.41, 5.74) is 5.17. The Kier molecular flexibility index (Phi) is 10.4. The third-order valence-corrected chi connectivity index (χ3v) is 10.8. The minimum absolute atomic E-state index is 0.0424. The Morgan fingerprint density at radius 1 is 0.981 bits per heavy atom. The van der Waals surface area contributed by atoms with Gasteiger partial charge in [-0.05, 0) is 59.2 Å². The fraction of sp³-hybridized carbons (Fsp3) is 0.325. The number of hydrogen-bond acceptors (Lipinski definition) is 10. The Morgan fingerprint density at radius 2 is 1.69 bits per heavy atom. The molecule has 3 aromatic heterocycles. The van der Waals surface area contributed by atoms with Crippen LogP contribution in [0.1, 0.15) is 40.6 Å². The topological polar surface area (TPSA) is 117 Å². The predicted octanol–water partition coefficient (Wildman–Crippen LogP) is 5.66. The number of carbonyl (C=O) groups excluding carboxylic acids is 1.